The van der Waals surface area contributed by atoms with Gasteiger partial charge in [-0.15, -0.1) is 0 Å². The van der Waals surface area contributed by atoms with Crippen molar-refractivity contribution in [2.24, 2.45) is 5.92 Å². The normalized spacial score (nSPS) is 22.3. The third-order valence-electron chi connectivity index (χ3n) is 3.10. The Labute approximate surface area is 98.0 Å². The summed E-state index contributed by atoms with van der Waals surface area (Å²) >= 11 is 0. The third kappa shape index (κ3) is 2.38. The van der Waals surface area contributed by atoms with Crippen LogP contribution in [0, 0.1) is 17.6 Å². The molecule has 17 heavy (non-hydrogen) atoms. The molecule has 3 N–H and O–H groups in total. The molecule has 0 spiro atoms. The van der Waals surface area contributed by atoms with E-state index in [1.54, 1.807) is 0 Å². The quantitative estimate of drug-likeness (QED) is 0.795. The molecule has 1 amide bonds. The maximum absolute atomic E-state index is 13.2. The topological polar surface area (TPSA) is 55.1 Å². The van der Waals surface area contributed by atoms with E-state index in [0.717, 1.165) is 25.0 Å². The van der Waals surface area contributed by atoms with Crippen LogP contribution in [0.3, 0.4) is 0 Å². The monoisotopic (exact) mass is 240 g/mol. The van der Waals surface area contributed by atoms with Gasteiger partial charge in [0.05, 0.1) is 0 Å². The van der Waals surface area contributed by atoms with E-state index >= 15 is 0 Å². The fourth-order valence-corrected chi connectivity index (χ4v) is 1.84. The molecule has 2 unspecified atom stereocenters. The van der Waals surface area contributed by atoms with E-state index < -0.39 is 23.2 Å². The first kappa shape index (κ1) is 11.8. The lowest BCUT2D eigenvalue weighted by molar-refractivity contribution is 0.0948. The number of hydrogen-bond donors (Lipinski definition) is 2. The summed E-state index contributed by atoms with van der Waals surface area (Å²) in [6.07, 6.45) is 1.93. The molecule has 3 nitrogen and oxygen atoms in total. The van der Waals surface area contributed by atoms with Crippen molar-refractivity contribution < 1.29 is 13.6 Å². The van der Waals surface area contributed by atoms with Crippen molar-refractivity contribution in [2.45, 2.75) is 25.8 Å². The Kier molecular flexibility index (Phi) is 3.00. The molecule has 1 aliphatic rings. The zero-order valence-corrected chi connectivity index (χ0v) is 9.47. The van der Waals surface area contributed by atoms with Crippen LogP contribution in [-0.4, -0.2) is 11.9 Å². The zero-order valence-electron chi connectivity index (χ0n) is 9.47. The Bertz CT molecular complexity index is 439. The van der Waals surface area contributed by atoms with E-state index in [-0.39, 0.29) is 11.6 Å². The van der Waals surface area contributed by atoms with E-state index in [2.05, 4.69) is 5.32 Å². The number of anilines is 1. The molecule has 1 saturated carbocycles. The second kappa shape index (κ2) is 4.31. The highest BCUT2D eigenvalue weighted by Gasteiger charge is 2.36. The third-order valence-corrected chi connectivity index (χ3v) is 3.10. The van der Waals surface area contributed by atoms with Gasteiger partial charge in [-0.1, -0.05) is 13.3 Å². The van der Waals surface area contributed by atoms with Crippen molar-refractivity contribution in [3.05, 3.63) is 29.3 Å². The molecule has 1 aromatic rings. The smallest absolute Gasteiger partial charge is 0.251 e. The van der Waals surface area contributed by atoms with Gasteiger partial charge < -0.3 is 11.1 Å². The molecule has 1 fully saturated rings. The van der Waals surface area contributed by atoms with Gasteiger partial charge in [0.2, 0.25) is 0 Å². The molecule has 2 rings (SSSR count). The van der Waals surface area contributed by atoms with E-state index in [0.29, 0.717) is 5.92 Å². The van der Waals surface area contributed by atoms with E-state index in [1.165, 1.54) is 0 Å². The van der Waals surface area contributed by atoms with Crippen LogP contribution in [0.5, 0.6) is 0 Å². The molecule has 0 bridgehead atoms. The number of nitrogens with one attached hydrogen (secondary N) is 1. The predicted molar refractivity (Wildman–Crippen MR) is 60.4 cm³/mol. The van der Waals surface area contributed by atoms with Gasteiger partial charge in [-0.05, 0) is 24.5 Å². The molecule has 0 saturated heterocycles. The minimum Gasteiger partial charge on any atom is -0.394 e. The van der Waals surface area contributed by atoms with Gasteiger partial charge in [-0.3, -0.25) is 4.79 Å². The first-order valence-electron chi connectivity index (χ1n) is 5.58. The first-order chi connectivity index (χ1) is 8.02. The zero-order chi connectivity index (χ0) is 12.6. The van der Waals surface area contributed by atoms with Crippen molar-refractivity contribution >= 4 is 11.6 Å². The Morgan fingerprint density at radius 1 is 1.47 bits per heavy atom. The number of amides is 1. The molecule has 1 aromatic carbocycles. The van der Waals surface area contributed by atoms with Crippen LogP contribution in [0.2, 0.25) is 0 Å². The van der Waals surface area contributed by atoms with Gasteiger partial charge in [0.1, 0.15) is 17.3 Å². The summed E-state index contributed by atoms with van der Waals surface area (Å²) in [5.74, 6) is -1.78. The SMILES string of the molecule is CCC1CC1NC(=O)c1cc(F)c(N)c(F)c1. The van der Waals surface area contributed by atoms with Gasteiger partial charge in [0.25, 0.3) is 5.91 Å². The largest absolute Gasteiger partial charge is 0.394 e. The summed E-state index contributed by atoms with van der Waals surface area (Å²) in [6, 6.07) is 2.05. The average molecular weight is 240 g/mol. The minimum absolute atomic E-state index is 0.0315. The Morgan fingerprint density at radius 3 is 2.53 bits per heavy atom. The highest BCUT2D eigenvalue weighted by Crippen LogP contribution is 2.33. The van der Waals surface area contributed by atoms with Crippen molar-refractivity contribution in [1.82, 2.24) is 5.32 Å². The van der Waals surface area contributed by atoms with Crippen LogP contribution in [0.15, 0.2) is 12.1 Å². The summed E-state index contributed by atoms with van der Waals surface area (Å²) in [7, 11) is 0. The summed E-state index contributed by atoms with van der Waals surface area (Å²) < 4.78 is 26.3. The summed E-state index contributed by atoms with van der Waals surface area (Å²) in [5, 5.41) is 2.73. The lowest BCUT2D eigenvalue weighted by Crippen LogP contribution is -2.27. The lowest BCUT2D eigenvalue weighted by atomic mass is 10.1. The number of nitrogens with two attached hydrogens (primary N) is 1. The van der Waals surface area contributed by atoms with Gasteiger partial charge >= 0.3 is 0 Å². The molecule has 92 valence electrons. The molecule has 2 atom stereocenters. The standard InChI is InChI=1S/C12H14F2N2O/c1-2-6-5-10(6)16-12(17)7-3-8(13)11(15)9(14)4-7/h3-4,6,10H,2,5,15H2,1H3,(H,16,17). The highest BCUT2D eigenvalue weighted by molar-refractivity contribution is 5.95. The molecule has 1 aliphatic carbocycles. The fourth-order valence-electron chi connectivity index (χ4n) is 1.84. The molecule has 5 heteroatoms. The molecule has 0 radical (unpaired) electrons. The van der Waals surface area contributed by atoms with Crippen LogP contribution in [0.1, 0.15) is 30.1 Å². The van der Waals surface area contributed by atoms with Crippen LogP contribution in [0.4, 0.5) is 14.5 Å². The number of carbonyl (C=O) groups excluding carboxylic acids is 1. The maximum Gasteiger partial charge on any atom is 0.251 e. The first-order valence-corrected chi connectivity index (χ1v) is 5.58. The van der Waals surface area contributed by atoms with Crippen molar-refractivity contribution in [1.29, 1.82) is 0 Å². The molecule has 0 aliphatic heterocycles. The lowest BCUT2D eigenvalue weighted by Gasteiger charge is -2.06. The predicted octanol–water partition coefficient (Wildman–Crippen LogP) is 2.08. The molecule has 0 aromatic heterocycles. The van der Waals surface area contributed by atoms with Crippen LogP contribution >= 0.6 is 0 Å². The highest BCUT2D eigenvalue weighted by atomic mass is 19.1. The van der Waals surface area contributed by atoms with Gasteiger partial charge in [-0.2, -0.15) is 0 Å². The van der Waals surface area contributed by atoms with E-state index in [1.807, 2.05) is 6.92 Å². The molecular weight excluding hydrogens is 226 g/mol. The number of benzene rings is 1. The number of nitrogen functional groups attached to an aromatic ring is 1. The van der Waals surface area contributed by atoms with E-state index in [9.17, 15) is 13.6 Å². The molecular formula is C12H14F2N2O. The summed E-state index contributed by atoms with van der Waals surface area (Å²) in [4.78, 5) is 11.7. The average Bonchev–Trinajstić information content (AvgIpc) is 3.03. The van der Waals surface area contributed by atoms with Crippen molar-refractivity contribution in [2.75, 3.05) is 5.73 Å². The van der Waals surface area contributed by atoms with Crippen LogP contribution in [0.25, 0.3) is 0 Å². The number of rotatable bonds is 3. The van der Waals surface area contributed by atoms with Crippen molar-refractivity contribution in [3.8, 4) is 0 Å². The Hall–Kier alpha value is -1.65. The second-order valence-electron chi connectivity index (χ2n) is 4.34. The van der Waals surface area contributed by atoms with E-state index in [4.69, 9.17) is 5.73 Å². The van der Waals surface area contributed by atoms with Gasteiger partial charge in [-0.25, -0.2) is 8.78 Å². The second-order valence-corrected chi connectivity index (χ2v) is 4.34. The van der Waals surface area contributed by atoms with Gasteiger partial charge in [0, 0.05) is 11.6 Å². The summed E-state index contributed by atoms with van der Waals surface area (Å²) in [6.45, 7) is 2.04. The van der Waals surface area contributed by atoms with Gasteiger partial charge in [0.15, 0.2) is 0 Å². The van der Waals surface area contributed by atoms with Crippen LogP contribution in [-0.2, 0) is 0 Å². The Morgan fingerprint density at radius 2 is 2.06 bits per heavy atom. The Balaban J connectivity index is 2.09. The fraction of sp³-hybridized carbons (Fsp3) is 0.417. The summed E-state index contributed by atoms with van der Waals surface area (Å²) in [5.41, 5.74) is 4.54. The minimum atomic E-state index is -0.905. The maximum atomic E-state index is 13.2. The van der Waals surface area contributed by atoms with Crippen molar-refractivity contribution in [3.63, 3.8) is 0 Å². The number of hydrogen-bond acceptors (Lipinski definition) is 2. The van der Waals surface area contributed by atoms with Crippen LogP contribution < -0.4 is 11.1 Å². The number of carbonyl (C=O) groups is 1. The molecule has 0 heterocycles. The number of halogens is 2.